The van der Waals surface area contributed by atoms with E-state index in [1.165, 1.54) is 23.2 Å². The zero-order chi connectivity index (χ0) is 9.26. The maximum atomic E-state index is 6.03. The maximum Gasteiger partial charge on any atom is 0.0451 e. The van der Waals surface area contributed by atoms with Gasteiger partial charge in [-0.1, -0.05) is 13.0 Å². The molecular formula is C11H16N2. The van der Waals surface area contributed by atoms with E-state index < -0.39 is 0 Å². The highest BCUT2D eigenvalue weighted by molar-refractivity contribution is 5.30. The molecule has 1 atom stereocenters. The van der Waals surface area contributed by atoms with E-state index in [-0.39, 0.29) is 6.04 Å². The van der Waals surface area contributed by atoms with Gasteiger partial charge >= 0.3 is 0 Å². The molecule has 0 saturated carbocycles. The van der Waals surface area contributed by atoms with Crippen molar-refractivity contribution in [2.24, 2.45) is 5.73 Å². The van der Waals surface area contributed by atoms with E-state index in [0.717, 1.165) is 19.3 Å². The summed E-state index contributed by atoms with van der Waals surface area (Å²) in [5.41, 5.74) is 9.83. The Morgan fingerprint density at radius 1 is 1.62 bits per heavy atom. The number of fused-ring (bicyclic) bond motifs is 1. The Bertz CT molecular complexity index is 307. The number of hydrogen-bond donors (Lipinski definition) is 1. The second-order valence-corrected chi connectivity index (χ2v) is 3.73. The Hall–Kier alpha value is -0.890. The average molecular weight is 176 g/mol. The molecule has 0 amide bonds. The van der Waals surface area contributed by atoms with E-state index in [1.807, 2.05) is 6.20 Å². The first-order chi connectivity index (χ1) is 6.31. The summed E-state index contributed by atoms with van der Waals surface area (Å²) in [5.74, 6) is 0. The molecule has 1 heterocycles. The van der Waals surface area contributed by atoms with E-state index in [9.17, 15) is 0 Å². The van der Waals surface area contributed by atoms with Crippen molar-refractivity contribution in [3.63, 3.8) is 0 Å². The minimum Gasteiger partial charge on any atom is -0.324 e. The third-order valence-corrected chi connectivity index (χ3v) is 2.80. The minimum absolute atomic E-state index is 0.225. The van der Waals surface area contributed by atoms with Crippen LogP contribution in [0.1, 0.15) is 42.6 Å². The van der Waals surface area contributed by atoms with Gasteiger partial charge in [-0.15, -0.1) is 0 Å². The first kappa shape index (κ1) is 8.70. The van der Waals surface area contributed by atoms with Crippen LogP contribution < -0.4 is 5.73 Å². The Labute approximate surface area is 79.2 Å². The van der Waals surface area contributed by atoms with Crippen molar-refractivity contribution in [2.45, 2.75) is 38.6 Å². The van der Waals surface area contributed by atoms with Gasteiger partial charge < -0.3 is 5.73 Å². The molecule has 0 radical (unpaired) electrons. The third-order valence-electron chi connectivity index (χ3n) is 2.80. The quantitative estimate of drug-likeness (QED) is 0.710. The van der Waals surface area contributed by atoms with E-state index in [1.54, 1.807) is 0 Å². The molecule has 0 spiro atoms. The maximum absolute atomic E-state index is 6.03. The van der Waals surface area contributed by atoms with Crippen LogP contribution in [0.5, 0.6) is 0 Å². The van der Waals surface area contributed by atoms with Crippen LogP contribution in [-0.4, -0.2) is 4.98 Å². The molecule has 2 N–H and O–H groups in total. The smallest absolute Gasteiger partial charge is 0.0451 e. The van der Waals surface area contributed by atoms with Crippen molar-refractivity contribution in [2.75, 3.05) is 0 Å². The first-order valence-corrected chi connectivity index (χ1v) is 5.04. The van der Waals surface area contributed by atoms with Gasteiger partial charge in [0, 0.05) is 17.9 Å². The lowest BCUT2D eigenvalue weighted by atomic mass is 9.91. The standard InChI is InChI=1S/C11H16N2/c1-2-8-6-9-10(12)4-3-5-11(9)13-7-8/h6-7,10H,2-5,12H2,1H3/t10-/m0/s1. The minimum atomic E-state index is 0.225. The highest BCUT2D eigenvalue weighted by Gasteiger charge is 2.17. The lowest BCUT2D eigenvalue weighted by molar-refractivity contribution is 0.559. The molecule has 2 rings (SSSR count). The van der Waals surface area contributed by atoms with Crippen LogP contribution in [0, 0.1) is 0 Å². The normalized spacial score (nSPS) is 21.2. The van der Waals surface area contributed by atoms with Crippen LogP contribution in [0.25, 0.3) is 0 Å². The fourth-order valence-electron chi connectivity index (χ4n) is 1.92. The monoisotopic (exact) mass is 176 g/mol. The van der Waals surface area contributed by atoms with Crippen molar-refractivity contribution in [1.82, 2.24) is 4.98 Å². The van der Waals surface area contributed by atoms with Gasteiger partial charge in [0.2, 0.25) is 0 Å². The molecule has 0 fully saturated rings. The summed E-state index contributed by atoms with van der Waals surface area (Å²) in [5, 5.41) is 0. The summed E-state index contributed by atoms with van der Waals surface area (Å²) < 4.78 is 0. The SMILES string of the molecule is CCc1cnc2c(c1)[C@@H](N)CCC2. The predicted molar refractivity (Wildman–Crippen MR) is 53.5 cm³/mol. The van der Waals surface area contributed by atoms with Crippen molar-refractivity contribution >= 4 is 0 Å². The van der Waals surface area contributed by atoms with E-state index >= 15 is 0 Å². The third kappa shape index (κ3) is 1.59. The molecule has 1 aromatic heterocycles. The van der Waals surface area contributed by atoms with Crippen LogP contribution in [0.15, 0.2) is 12.3 Å². The number of aryl methyl sites for hydroxylation is 2. The molecule has 1 aliphatic carbocycles. The molecule has 13 heavy (non-hydrogen) atoms. The Morgan fingerprint density at radius 3 is 3.23 bits per heavy atom. The average Bonchev–Trinajstić information content (AvgIpc) is 2.18. The summed E-state index contributed by atoms with van der Waals surface area (Å²) in [6.07, 6.45) is 6.44. The van der Waals surface area contributed by atoms with E-state index in [4.69, 9.17) is 5.73 Å². The zero-order valence-electron chi connectivity index (χ0n) is 8.09. The number of rotatable bonds is 1. The number of aromatic nitrogens is 1. The largest absolute Gasteiger partial charge is 0.324 e. The van der Waals surface area contributed by atoms with Crippen LogP contribution >= 0.6 is 0 Å². The highest BCUT2D eigenvalue weighted by atomic mass is 14.7. The number of hydrogen-bond acceptors (Lipinski definition) is 2. The number of pyridine rings is 1. The molecule has 2 nitrogen and oxygen atoms in total. The highest BCUT2D eigenvalue weighted by Crippen LogP contribution is 2.26. The molecule has 0 saturated heterocycles. The van der Waals surface area contributed by atoms with Crippen molar-refractivity contribution in [3.05, 3.63) is 29.1 Å². The van der Waals surface area contributed by atoms with Gasteiger partial charge in [0.25, 0.3) is 0 Å². The van der Waals surface area contributed by atoms with E-state index in [0.29, 0.717) is 0 Å². The fraction of sp³-hybridized carbons (Fsp3) is 0.545. The van der Waals surface area contributed by atoms with Gasteiger partial charge in [0.05, 0.1) is 0 Å². The van der Waals surface area contributed by atoms with Crippen molar-refractivity contribution < 1.29 is 0 Å². The van der Waals surface area contributed by atoms with Crippen LogP contribution in [0.4, 0.5) is 0 Å². The summed E-state index contributed by atoms with van der Waals surface area (Å²) >= 11 is 0. The van der Waals surface area contributed by atoms with Crippen LogP contribution in [-0.2, 0) is 12.8 Å². The lowest BCUT2D eigenvalue weighted by Crippen LogP contribution is -2.18. The first-order valence-electron chi connectivity index (χ1n) is 5.04. The second kappa shape index (κ2) is 3.46. The summed E-state index contributed by atoms with van der Waals surface area (Å²) in [6.45, 7) is 2.15. The molecule has 2 heteroatoms. The molecule has 0 aliphatic heterocycles. The predicted octanol–water partition coefficient (Wildman–Crippen LogP) is 1.98. The molecule has 0 unspecified atom stereocenters. The summed E-state index contributed by atoms with van der Waals surface area (Å²) in [7, 11) is 0. The van der Waals surface area contributed by atoms with Gasteiger partial charge in [-0.05, 0) is 36.8 Å². The molecule has 0 aromatic carbocycles. The fourth-order valence-corrected chi connectivity index (χ4v) is 1.92. The van der Waals surface area contributed by atoms with Crippen LogP contribution in [0.3, 0.4) is 0 Å². The van der Waals surface area contributed by atoms with Gasteiger partial charge in [-0.25, -0.2) is 0 Å². The van der Waals surface area contributed by atoms with Crippen molar-refractivity contribution in [3.8, 4) is 0 Å². The summed E-state index contributed by atoms with van der Waals surface area (Å²) in [6, 6.07) is 2.45. The Kier molecular flexibility index (Phi) is 2.32. The zero-order valence-corrected chi connectivity index (χ0v) is 8.09. The molecule has 1 aromatic rings. The summed E-state index contributed by atoms with van der Waals surface area (Å²) in [4.78, 5) is 4.46. The molecule has 70 valence electrons. The molecule has 0 bridgehead atoms. The van der Waals surface area contributed by atoms with Gasteiger partial charge in [0.1, 0.15) is 0 Å². The van der Waals surface area contributed by atoms with Gasteiger partial charge in [-0.3, -0.25) is 4.98 Å². The van der Waals surface area contributed by atoms with Crippen molar-refractivity contribution in [1.29, 1.82) is 0 Å². The second-order valence-electron chi connectivity index (χ2n) is 3.73. The molecule has 1 aliphatic rings. The number of nitrogens with zero attached hydrogens (tertiary/aromatic N) is 1. The van der Waals surface area contributed by atoms with E-state index in [2.05, 4.69) is 18.0 Å². The topological polar surface area (TPSA) is 38.9 Å². The lowest BCUT2D eigenvalue weighted by Gasteiger charge is -2.21. The van der Waals surface area contributed by atoms with Gasteiger partial charge in [-0.2, -0.15) is 0 Å². The Morgan fingerprint density at radius 2 is 2.46 bits per heavy atom. The Balaban J connectivity index is 2.41. The van der Waals surface area contributed by atoms with Gasteiger partial charge in [0.15, 0.2) is 0 Å². The molecular weight excluding hydrogens is 160 g/mol. The van der Waals surface area contributed by atoms with Crippen LogP contribution in [0.2, 0.25) is 0 Å². The number of nitrogens with two attached hydrogens (primary N) is 1.